The minimum atomic E-state index is 0.150. The van der Waals surface area contributed by atoms with E-state index in [2.05, 4.69) is 10.6 Å². The van der Waals surface area contributed by atoms with Gasteiger partial charge in [0.15, 0.2) is 5.11 Å². The molecular formula is C12H18N2OS. The molecule has 0 spiro atoms. The first kappa shape index (κ1) is 12.9. The van der Waals surface area contributed by atoms with Crippen LogP contribution < -0.4 is 10.6 Å². The summed E-state index contributed by atoms with van der Waals surface area (Å²) in [6.45, 7) is 4.74. The first-order valence-electron chi connectivity index (χ1n) is 5.26. The van der Waals surface area contributed by atoms with Crippen LogP contribution in [0.3, 0.4) is 0 Å². The van der Waals surface area contributed by atoms with Gasteiger partial charge in [-0.1, -0.05) is 18.2 Å². The molecule has 0 saturated carbocycles. The zero-order chi connectivity index (χ0) is 12.0. The second kappa shape index (κ2) is 6.45. The minimum Gasteiger partial charge on any atom is -0.380 e. The van der Waals surface area contributed by atoms with Crippen LogP contribution in [0.25, 0.3) is 0 Å². The van der Waals surface area contributed by atoms with Gasteiger partial charge in [0.05, 0.1) is 6.10 Å². The number of hydrogen-bond donors (Lipinski definition) is 2. The molecule has 1 rings (SSSR count). The van der Waals surface area contributed by atoms with E-state index in [1.807, 2.05) is 38.1 Å². The molecule has 1 unspecified atom stereocenters. The number of rotatable bonds is 4. The zero-order valence-corrected chi connectivity index (χ0v) is 10.7. The number of aryl methyl sites for hydroxylation is 1. The smallest absolute Gasteiger partial charge is 0.170 e. The highest BCUT2D eigenvalue weighted by Crippen LogP contribution is 2.12. The van der Waals surface area contributed by atoms with Crippen LogP contribution in [-0.2, 0) is 4.74 Å². The average Bonchev–Trinajstić information content (AvgIpc) is 2.29. The first-order valence-corrected chi connectivity index (χ1v) is 5.67. The summed E-state index contributed by atoms with van der Waals surface area (Å²) < 4.78 is 5.12. The van der Waals surface area contributed by atoms with E-state index in [-0.39, 0.29) is 6.10 Å². The topological polar surface area (TPSA) is 33.3 Å². The van der Waals surface area contributed by atoms with Gasteiger partial charge in [-0.2, -0.15) is 0 Å². The van der Waals surface area contributed by atoms with Crippen LogP contribution >= 0.6 is 12.2 Å². The van der Waals surface area contributed by atoms with Crippen molar-refractivity contribution in [2.45, 2.75) is 20.0 Å². The molecule has 0 aliphatic carbocycles. The Kier molecular flexibility index (Phi) is 5.22. The Balaban J connectivity index is 2.43. The van der Waals surface area contributed by atoms with Gasteiger partial charge in [0.25, 0.3) is 0 Å². The summed E-state index contributed by atoms with van der Waals surface area (Å²) in [5.74, 6) is 0. The molecule has 0 saturated heterocycles. The fraction of sp³-hybridized carbons (Fsp3) is 0.417. The Labute approximate surface area is 102 Å². The molecule has 1 atom stereocenters. The van der Waals surface area contributed by atoms with E-state index in [9.17, 15) is 0 Å². The lowest BCUT2D eigenvalue weighted by Gasteiger charge is -2.14. The monoisotopic (exact) mass is 238 g/mol. The van der Waals surface area contributed by atoms with Crippen LogP contribution in [0.15, 0.2) is 24.3 Å². The van der Waals surface area contributed by atoms with Crippen molar-refractivity contribution in [2.24, 2.45) is 0 Å². The lowest BCUT2D eigenvalue weighted by atomic mass is 10.2. The molecule has 0 amide bonds. The average molecular weight is 238 g/mol. The molecule has 0 heterocycles. The normalized spacial score (nSPS) is 11.9. The van der Waals surface area contributed by atoms with Crippen molar-refractivity contribution in [3.05, 3.63) is 29.8 Å². The summed E-state index contributed by atoms with van der Waals surface area (Å²) in [5.41, 5.74) is 2.21. The maximum absolute atomic E-state index is 5.18. The molecule has 88 valence electrons. The molecule has 1 aromatic rings. The minimum absolute atomic E-state index is 0.150. The van der Waals surface area contributed by atoms with Gasteiger partial charge < -0.3 is 15.4 Å². The van der Waals surface area contributed by atoms with E-state index < -0.39 is 0 Å². The standard InChI is InChI=1S/C12H18N2OS/c1-9-6-4-5-7-11(9)14-12(16)13-8-10(2)15-3/h4-7,10H,8H2,1-3H3,(H2,13,14,16). The molecule has 0 radical (unpaired) electrons. The number of nitrogens with one attached hydrogen (secondary N) is 2. The van der Waals surface area contributed by atoms with Gasteiger partial charge in [-0.3, -0.25) is 0 Å². The van der Waals surface area contributed by atoms with Crippen LogP contribution in [0, 0.1) is 6.92 Å². The molecule has 0 fully saturated rings. The van der Waals surface area contributed by atoms with Crippen molar-refractivity contribution in [3.63, 3.8) is 0 Å². The molecule has 16 heavy (non-hydrogen) atoms. The molecule has 3 nitrogen and oxygen atoms in total. The summed E-state index contributed by atoms with van der Waals surface area (Å²) in [6, 6.07) is 8.03. The van der Waals surface area contributed by atoms with Gasteiger partial charge >= 0.3 is 0 Å². The highest BCUT2D eigenvalue weighted by atomic mass is 32.1. The van der Waals surface area contributed by atoms with Gasteiger partial charge in [-0.15, -0.1) is 0 Å². The third kappa shape index (κ3) is 4.16. The number of benzene rings is 1. The number of methoxy groups -OCH3 is 1. The molecule has 4 heteroatoms. The van der Waals surface area contributed by atoms with Gasteiger partial charge in [0, 0.05) is 19.3 Å². The number of anilines is 1. The van der Waals surface area contributed by atoms with E-state index in [0.29, 0.717) is 11.7 Å². The highest BCUT2D eigenvalue weighted by Gasteiger charge is 2.02. The molecule has 0 aliphatic rings. The highest BCUT2D eigenvalue weighted by molar-refractivity contribution is 7.80. The van der Waals surface area contributed by atoms with Crippen LogP contribution in [0.2, 0.25) is 0 Å². The van der Waals surface area contributed by atoms with E-state index in [0.717, 1.165) is 5.69 Å². The first-order chi connectivity index (χ1) is 7.63. The summed E-state index contributed by atoms with van der Waals surface area (Å²) in [7, 11) is 1.68. The SMILES string of the molecule is COC(C)CNC(=S)Nc1ccccc1C. The summed E-state index contributed by atoms with van der Waals surface area (Å²) >= 11 is 5.18. The third-order valence-electron chi connectivity index (χ3n) is 2.35. The van der Waals surface area contributed by atoms with Gasteiger partial charge in [0.1, 0.15) is 0 Å². The third-order valence-corrected chi connectivity index (χ3v) is 2.59. The molecule has 1 aromatic carbocycles. The zero-order valence-electron chi connectivity index (χ0n) is 9.91. The summed E-state index contributed by atoms with van der Waals surface area (Å²) in [6.07, 6.45) is 0.150. The Morgan fingerprint density at radius 3 is 2.75 bits per heavy atom. The lowest BCUT2D eigenvalue weighted by molar-refractivity contribution is 0.121. The van der Waals surface area contributed by atoms with E-state index >= 15 is 0 Å². The number of ether oxygens (including phenoxy) is 1. The van der Waals surface area contributed by atoms with E-state index in [1.165, 1.54) is 5.56 Å². The van der Waals surface area contributed by atoms with Crippen LogP contribution in [-0.4, -0.2) is 24.9 Å². The molecule has 0 bridgehead atoms. The van der Waals surface area contributed by atoms with Crippen molar-refractivity contribution in [3.8, 4) is 0 Å². The van der Waals surface area contributed by atoms with Crippen molar-refractivity contribution < 1.29 is 4.74 Å². The van der Waals surface area contributed by atoms with Crippen molar-refractivity contribution in [1.29, 1.82) is 0 Å². The fourth-order valence-corrected chi connectivity index (χ4v) is 1.39. The largest absolute Gasteiger partial charge is 0.380 e. The van der Waals surface area contributed by atoms with Crippen molar-refractivity contribution >= 4 is 23.0 Å². The number of thiocarbonyl (C=S) groups is 1. The van der Waals surface area contributed by atoms with Gasteiger partial charge in [-0.25, -0.2) is 0 Å². The second-order valence-corrected chi connectivity index (χ2v) is 4.10. The Morgan fingerprint density at radius 1 is 1.44 bits per heavy atom. The van der Waals surface area contributed by atoms with Gasteiger partial charge in [0.2, 0.25) is 0 Å². The molecule has 2 N–H and O–H groups in total. The van der Waals surface area contributed by atoms with Crippen LogP contribution in [0.5, 0.6) is 0 Å². The fourth-order valence-electron chi connectivity index (χ4n) is 1.20. The second-order valence-electron chi connectivity index (χ2n) is 3.70. The maximum atomic E-state index is 5.18. The predicted octanol–water partition coefficient (Wildman–Crippen LogP) is 2.32. The van der Waals surface area contributed by atoms with Crippen molar-refractivity contribution in [2.75, 3.05) is 19.0 Å². The molecule has 0 aromatic heterocycles. The lowest BCUT2D eigenvalue weighted by Crippen LogP contribution is -2.34. The maximum Gasteiger partial charge on any atom is 0.170 e. The van der Waals surface area contributed by atoms with E-state index in [4.69, 9.17) is 17.0 Å². The molecular weight excluding hydrogens is 220 g/mol. The number of hydrogen-bond acceptors (Lipinski definition) is 2. The van der Waals surface area contributed by atoms with Crippen LogP contribution in [0.1, 0.15) is 12.5 Å². The Morgan fingerprint density at radius 2 is 2.12 bits per heavy atom. The predicted molar refractivity (Wildman–Crippen MR) is 71.9 cm³/mol. The summed E-state index contributed by atoms with van der Waals surface area (Å²) in [5, 5.41) is 6.88. The Bertz CT molecular complexity index is 355. The quantitative estimate of drug-likeness (QED) is 0.789. The number of para-hydroxylation sites is 1. The van der Waals surface area contributed by atoms with Crippen LogP contribution in [0.4, 0.5) is 5.69 Å². The van der Waals surface area contributed by atoms with E-state index in [1.54, 1.807) is 7.11 Å². The van der Waals surface area contributed by atoms with Gasteiger partial charge in [-0.05, 0) is 37.7 Å². The summed E-state index contributed by atoms with van der Waals surface area (Å²) in [4.78, 5) is 0. The van der Waals surface area contributed by atoms with Crippen molar-refractivity contribution in [1.82, 2.24) is 5.32 Å². The Hall–Kier alpha value is -1.13. The molecule has 0 aliphatic heterocycles.